The van der Waals surface area contributed by atoms with Crippen molar-refractivity contribution in [2.75, 3.05) is 16.8 Å². The van der Waals surface area contributed by atoms with E-state index < -0.39 is 5.92 Å². The van der Waals surface area contributed by atoms with Crippen molar-refractivity contribution in [2.24, 2.45) is 5.92 Å². The van der Waals surface area contributed by atoms with Gasteiger partial charge in [0.2, 0.25) is 11.8 Å². The van der Waals surface area contributed by atoms with Crippen molar-refractivity contribution in [3.05, 3.63) is 57.6 Å². The topological polar surface area (TPSA) is 49.4 Å². The third-order valence-electron chi connectivity index (χ3n) is 4.36. The van der Waals surface area contributed by atoms with Crippen LogP contribution in [0.2, 0.25) is 10.0 Å². The van der Waals surface area contributed by atoms with Crippen LogP contribution in [0.25, 0.3) is 0 Å². The predicted molar refractivity (Wildman–Crippen MR) is 101 cm³/mol. The first-order chi connectivity index (χ1) is 11.9. The van der Waals surface area contributed by atoms with E-state index in [0.717, 1.165) is 16.8 Å². The monoisotopic (exact) mass is 376 g/mol. The summed E-state index contributed by atoms with van der Waals surface area (Å²) in [5.74, 6) is -0.709. The number of amides is 2. The molecule has 2 aromatic rings. The molecule has 4 nitrogen and oxygen atoms in total. The maximum Gasteiger partial charge on any atom is 0.229 e. The molecule has 0 aliphatic carbocycles. The van der Waals surface area contributed by atoms with Gasteiger partial charge in [-0.25, -0.2) is 0 Å². The molecule has 2 aromatic carbocycles. The molecule has 1 fully saturated rings. The number of hydrogen-bond acceptors (Lipinski definition) is 2. The van der Waals surface area contributed by atoms with Crippen molar-refractivity contribution in [2.45, 2.75) is 20.3 Å². The summed E-state index contributed by atoms with van der Waals surface area (Å²) in [5, 5.41) is 3.45. The molecule has 2 amide bonds. The molecule has 1 aliphatic heterocycles. The zero-order valence-corrected chi connectivity index (χ0v) is 15.5. The van der Waals surface area contributed by atoms with Gasteiger partial charge in [0.25, 0.3) is 0 Å². The normalized spacial score (nSPS) is 17.0. The number of hydrogen-bond donors (Lipinski definition) is 1. The minimum absolute atomic E-state index is 0.0500. The van der Waals surface area contributed by atoms with Crippen LogP contribution in [0.1, 0.15) is 17.5 Å². The van der Waals surface area contributed by atoms with Crippen LogP contribution in [0, 0.1) is 19.8 Å². The van der Waals surface area contributed by atoms with E-state index in [4.69, 9.17) is 23.2 Å². The van der Waals surface area contributed by atoms with Gasteiger partial charge in [-0.15, -0.1) is 0 Å². The second-order valence-corrected chi connectivity index (χ2v) is 7.07. The van der Waals surface area contributed by atoms with Crippen LogP contribution in [-0.2, 0) is 9.59 Å². The number of halogens is 2. The van der Waals surface area contributed by atoms with Gasteiger partial charge in [-0.05, 0) is 43.2 Å². The molecular weight excluding hydrogens is 359 g/mol. The highest BCUT2D eigenvalue weighted by molar-refractivity contribution is 6.44. The first kappa shape index (κ1) is 17.8. The lowest BCUT2D eigenvalue weighted by atomic mass is 10.1. The quantitative estimate of drug-likeness (QED) is 0.850. The summed E-state index contributed by atoms with van der Waals surface area (Å²) in [4.78, 5) is 26.7. The standard InChI is InChI=1S/C19H18Cl2N2O2/c1-11-6-7-12(2)16(8-11)23-10-13(9-17(23)24)19(25)22-15-5-3-4-14(20)18(15)21/h3-8,13H,9-10H2,1-2H3,(H,22,25)/t13-/m0/s1. The molecule has 0 radical (unpaired) electrons. The number of benzene rings is 2. The number of nitrogens with one attached hydrogen (secondary N) is 1. The van der Waals surface area contributed by atoms with E-state index in [9.17, 15) is 9.59 Å². The van der Waals surface area contributed by atoms with Crippen LogP contribution in [-0.4, -0.2) is 18.4 Å². The van der Waals surface area contributed by atoms with Crippen LogP contribution in [0.5, 0.6) is 0 Å². The van der Waals surface area contributed by atoms with Gasteiger partial charge in [0.05, 0.1) is 21.7 Å². The Labute approximate surface area is 156 Å². The highest BCUT2D eigenvalue weighted by atomic mass is 35.5. The Morgan fingerprint density at radius 1 is 1.20 bits per heavy atom. The molecule has 0 bridgehead atoms. The van der Waals surface area contributed by atoms with Crippen molar-refractivity contribution in [1.29, 1.82) is 0 Å². The van der Waals surface area contributed by atoms with E-state index in [0.29, 0.717) is 22.3 Å². The van der Waals surface area contributed by atoms with E-state index in [1.807, 2.05) is 32.0 Å². The fraction of sp³-hybridized carbons (Fsp3) is 0.263. The number of aryl methyl sites for hydroxylation is 2. The molecule has 1 saturated heterocycles. The molecule has 25 heavy (non-hydrogen) atoms. The Morgan fingerprint density at radius 3 is 2.72 bits per heavy atom. The maximum absolute atomic E-state index is 12.6. The fourth-order valence-electron chi connectivity index (χ4n) is 2.96. The summed E-state index contributed by atoms with van der Waals surface area (Å²) in [6.45, 7) is 4.29. The summed E-state index contributed by atoms with van der Waals surface area (Å²) in [5.41, 5.74) is 3.41. The first-order valence-electron chi connectivity index (χ1n) is 7.99. The number of nitrogens with zero attached hydrogens (tertiary/aromatic N) is 1. The lowest BCUT2D eigenvalue weighted by molar-refractivity contribution is -0.122. The highest BCUT2D eigenvalue weighted by Gasteiger charge is 2.35. The molecule has 1 atom stereocenters. The van der Waals surface area contributed by atoms with Crippen molar-refractivity contribution in [1.82, 2.24) is 0 Å². The lowest BCUT2D eigenvalue weighted by Gasteiger charge is -2.20. The van der Waals surface area contributed by atoms with Crippen molar-refractivity contribution in [3.63, 3.8) is 0 Å². The van der Waals surface area contributed by atoms with E-state index in [-0.39, 0.29) is 18.2 Å². The summed E-state index contributed by atoms with van der Waals surface area (Å²) < 4.78 is 0. The second-order valence-electron chi connectivity index (χ2n) is 6.29. The van der Waals surface area contributed by atoms with Gasteiger partial charge < -0.3 is 10.2 Å². The summed E-state index contributed by atoms with van der Waals surface area (Å²) in [6.07, 6.45) is 0.178. The Morgan fingerprint density at radius 2 is 1.96 bits per heavy atom. The van der Waals surface area contributed by atoms with Crippen LogP contribution >= 0.6 is 23.2 Å². The van der Waals surface area contributed by atoms with Crippen LogP contribution in [0.3, 0.4) is 0 Å². The van der Waals surface area contributed by atoms with Gasteiger partial charge in [0.15, 0.2) is 0 Å². The molecule has 0 spiro atoms. The zero-order valence-electron chi connectivity index (χ0n) is 14.0. The largest absolute Gasteiger partial charge is 0.324 e. The van der Waals surface area contributed by atoms with Gasteiger partial charge in [-0.3, -0.25) is 9.59 Å². The lowest BCUT2D eigenvalue weighted by Crippen LogP contribution is -2.28. The third kappa shape index (κ3) is 3.65. The minimum Gasteiger partial charge on any atom is -0.324 e. The predicted octanol–water partition coefficient (Wildman–Crippen LogP) is 4.60. The Balaban J connectivity index is 1.77. The van der Waals surface area contributed by atoms with E-state index >= 15 is 0 Å². The smallest absolute Gasteiger partial charge is 0.229 e. The molecule has 0 aromatic heterocycles. The number of carbonyl (C=O) groups is 2. The van der Waals surface area contributed by atoms with Crippen LogP contribution in [0.4, 0.5) is 11.4 Å². The number of carbonyl (C=O) groups excluding carboxylic acids is 2. The third-order valence-corrected chi connectivity index (χ3v) is 5.18. The minimum atomic E-state index is -0.428. The maximum atomic E-state index is 12.6. The average molecular weight is 377 g/mol. The van der Waals surface area contributed by atoms with E-state index in [1.165, 1.54) is 0 Å². The van der Waals surface area contributed by atoms with Crippen LogP contribution < -0.4 is 10.2 Å². The first-order valence-corrected chi connectivity index (χ1v) is 8.75. The van der Waals surface area contributed by atoms with Gasteiger partial charge in [0.1, 0.15) is 0 Å². The van der Waals surface area contributed by atoms with Gasteiger partial charge >= 0.3 is 0 Å². The van der Waals surface area contributed by atoms with Crippen molar-refractivity contribution in [3.8, 4) is 0 Å². The molecule has 1 heterocycles. The summed E-state index contributed by atoms with van der Waals surface area (Å²) in [7, 11) is 0. The van der Waals surface area contributed by atoms with E-state index in [1.54, 1.807) is 23.1 Å². The molecule has 1 N–H and O–H groups in total. The molecule has 130 valence electrons. The summed E-state index contributed by atoms with van der Waals surface area (Å²) in [6, 6.07) is 11.0. The molecule has 0 unspecified atom stereocenters. The molecule has 3 rings (SSSR count). The number of anilines is 2. The molecular formula is C19H18Cl2N2O2. The Hall–Kier alpha value is -2.04. The molecule has 1 aliphatic rings. The van der Waals surface area contributed by atoms with Crippen LogP contribution in [0.15, 0.2) is 36.4 Å². The second kappa shape index (κ2) is 7.06. The van der Waals surface area contributed by atoms with Gasteiger partial charge in [0, 0.05) is 18.7 Å². The Kier molecular flexibility index (Phi) is 5.02. The summed E-state index contributed by atoms with van der Waals surface area (Å²) >= 11 is 12.1. The average Bonchev–Trinajstić information content (AvgIpc) is 2.96. The zero-order chi connectivity index (χ0) is 18.1. The molecule has 6 heteroatoms. The van der Waals surface area contributed by atoms with E-state index in [2.05, 4.69) is 5.32 Å². The van der Waals surface area contributed by atoms with Crippen molar-refractivity contribution >= 4 is 46.4 Å². The molecule has 0 saturated carbocycles. The van der Waals surface area contributed by atoms with Crippen molar-refractivity contribution < 1.29 is 9.59 Å². The Bertz CT molecular complexity index is 851. The number of rotatable bonds is 3. The van der Waals surface area contributed by atoms with Gasteiger partial charge in [-0.1, -0.05) is 41.4 Å². The SMILES string of the molecule is Cc1ccc(C)c(N2C[C@@H](C(=O)Nc3cccc(Cl)c3Cl)CC2=O)c1. The fourth-order valence-corrected chi connectivity index (χ4v) is 3.31. The van der Waals surface area contributed by atoms with Gasteiger partial charge in [-0.2, -0.15) is 0 Å². The highest BCUT2D eigenvalue weighted by Crippen LogP contribution is 2.32.